The van der Waals surface area contributed by atoms with E-state index < -0.39 is 11.2 Å². The maximum Gasteiger partial charge on any atom is 0.168 e. The molecule has 0 amide bonds. The Bertz CT molecular complexity index is 278. The summed E-state index contributed by atoms with van der Waals surface area (Å²) < 4.78 is 11.1. The molecule has 74 valence electrons. The smallest absolute Gasteiger partial charge is 0.168 e. The maximum atomic E-state index is 9.00. The fourth-order valence-corrected chi connectivity index (χ4v) is 2.13. The molecule has 14 heavy (non-hydrogen) atoms. The first kappa shape index (κ1) is 9.52. The number of ether oxygens (including phenoxy) is 2. The Kier molecular flexibility index (Phi) is 2.23. The largest absolute Gasteiger partial charge is 0.348 e. The van der Waals surface area contributed by atoms with E-state index in [0.29, 0.717) is 26.1 Å². The molecule has 0 aromatic rings. The summed E-state index contributed by atoms with van der Waals surface area (Å²) >= 11 is 0. The molecule has 0 radical (unpaired) electrons. The summed E-state index contributed by atoms with van der Waals surface area (Å²) in [5, 5.41) is 9.00. The highest BCUT2D eigenvalue weighted by molar-refractivity contribution is 5.19. The van der Waals surface area contributed by atoms with E-state index in [1.165, 1.54) is 0 Å². The van der Waals surface area contributed by atoms with Crippen LogP contribution in [0.15, 0.2) is 0 Å². The first-order valence-corrected chi connectivity index (χ1v) is 4.91. The summed E-state index contributed by atoms with van der Waals surface area (Å²) in [6.07, 6.45) is 8.22. The van der Waals surface area contributed by atoms with Gasteiger partial charge >= 0.3 is 0 Å². The molecule has 1 heterocycles. The van der Waals surface area contributed by atoms with Crippen LogP contribution in [0.4, 0.5) is 0 Å². The van der Waals surface area contributed by atoms with Gasteiger partial charge in [-0.05, 0) is 12.8 Å². The van der Waals surface area contributed by atoms with Gasteiger partial charge in [-0.3, -0.25) is 0 Å². The predicted octanol–water partition coefficient (Wildman–Crippen LogP) is 1.45. The fraction of sp³-hybridized carbons (Fsp3) is 0.727. The molecule has 1 aliphatic heterocycles. The molecule has 1 saturated heterocycles. The third-order valence-electron chi connectivity index (χ3n) is 3.17. The van der Waals surface area contributed by atoms with Crippen LogP contribution in [0.2, 0.25) is 0 Å². The average Bonchev–Trinajstić information content (AvgIpc) is 2.69. The molecular formula is C11H13NO2. The van der Waals surface area contributed by atoms with Crippen molar-refractivity contribution in [1.29, 1.82) is 5.26 Å². The summed E-state index contributed by atoms with van der Waals surface area (Å²) in [6, 6.07) is 2.23. The molecular weight excluding hydrogens is 178 g/mol. The molecule has 0 aromatic heterocycles. The van der Waals surface area contributed by atoms with Crippen LogP contribution >= 0.6 is 0 Å². The van der Waals surface area contributed by atoms with E-state index >= 15 is 0 Å². The molecule has 2 fully saturated rings. The third kappa shape index (κ3) is 1.39. The van der Waals surface area contributed by atoms with Gasteiger partial charge in [0.2, 0.25) is 0 Å². The van der Waals surface area contributed by atoms with Crippen LogP contribution < -0.4 is 0 Å². The second-order valence-corrected chi connectivity index (χ2v) is 3.95. The van der Waals surface area contributed by atoms with Gasteiger partial charge in [0.25, 0.3) is 0 Å². The first-order valence-electron chi connectivity index (χ1n) is 4.91. The molecule has 0 unspecified atom stereocenters. The lowest BCUT2D eigenvalue weighted by Gasteiger charge is -2.37. The zero-order valence-electron chi connectivity index (χ0n) is 8.08. The van der Waals surface area contributed by atoms with Crippen molar-refractivity contribution in [2.75, 3.05) is 13.2 Å². The molecule has 1 spiro atoms. The van der Waals surface area contributed by atoms with Crippen molar-refractivity contribution in [3.63, 3.8) is 0 Å². The highest BCUT2D eigenvalue weighted by atomic mass is 16.7. The fourth-order valence-electron chi connectivity index (χ4n) is 2.13. The van der Waals surface area contributed by atoms with Crippen LogP contribution in [0.5, 0.6) is 0 Å². The van der Waals surface area contributed by atoms with Crippen LogP contribution in [-0.2, 0) is 9.47 Å². The first-order chi connectivity index (χ1) is 6.74. The molecule has 0 atom stereocenters. The number of terminal acetylenes is 1. The van der Waals surface area contributed by atoms with E-state index in [9.17, 15) is 0 Å². The van der Waals surface area contributed by atoms with Gasteiger partial charge in [0, 0.05) is 12.8 Å². The molecule has 1 aliphatic carbocycles. The Morgan fingerprint density at radius 2 is 1.64 bits per heavy atom. The van der Waals surface area contributed by atoms with Crippen molar-refractivity contribution in [2.24, 2.45) is 5.41 Å². The van der Waals surface area contributed by atoms with E-state index in [0.717, 1.165) is 12.8 Å². The standard InChI is InChI=1S/C11H13NO2/c1-2-10(9-12)3-5-11(6-4-10)13-7-8-14-11/h1H,3-8H2. The number of hydrogen-bond donors (Lipinski definition) is 0. The Balaban J connectivity index is 2.05. The minimum Gasteiger partial charge on any atom is -0.348 e. The number of nitriles is 1. The van der Waals surface area contributed by atoms with Gasteiger partial charge in [-0.2, -0.15) is 5.26 Å². The minimum absolute atomic E-state index is 0.419. The summed E-state index contributed by atoms with van der Waals surface area (Å²) in [4.78, 5) is 0. The minimum atomic E-state index is -0.583. The highest BCUT2D eigenvalue weighted by Gasteiger charge is 2.45. The maximum absolute atomic E-state index is 9.00. The summed E-state index contributed by atoms with van der Waals surface area (Å²) in [5.41, 5.74) is -0.583. The summed E-state index contributed by atoms with van der Waals surface area (Å²) in [6.45, 7) is 1.32. The van der Waals surface area contributed by atoms with Crippen LogP contribution in [0.25, 0.3) is 0 Å². The molecule has 2 rings (SSSR count). The monoisotopic (exact) mass is 191 g/mol. The van der Waals surface area contributed by atoms with Crippen molar-refractivity contribution < 1.29 is 9.47 Å². The van der Waals surface area contributed by atoms with Crippen LogP contribution in [0, 0.1) is 29.1 Å². The van der Waals surface area contributed by atoms with Gasteiger partial charge < -0.3 is 9.47 Å². The lowest BCUT2D eigenvalue weighted by atomic mass is 9.73. The topological polar surface area (TPSA) is 42.2 Å². The molecule has 0 aromatic carbocycles. The van der Waals surface area contributed by atoms with Crippen LogP contribution in [0.3, 0.4) is 0 Å². The van der Waals surface area contributed by atoms with Crippen molar-refractivity contribution >= 4 is 0 Å². The Morgan fingerprint density at radius 3 is 2.07 bits per heavy atom. The zero-order chi connectivity index (χ0) is 10.1. The number of rotatable bonds is 0. The normalized spacial score (nSPS) is 28.1. The lowest BCUT2D eigenvalue weighted by Crippen LogP contribution is -2.38. The van der Waals surface area contributed by atoms with Crippen LogP contribution in [0.1, 0.15) is 25.7 Å². The second kappa shape index (κ2) is 3.28. The van der Waals surface area contributed by atoms with Crippen molar-refractivity contribution in [3.05, 3.63) is 0 Å². The molecule has 1 saturated carbocycles. The molecule has 0 N–H and O–H groups in total. The number of hydrogen-bond acceptors (Lipinski definition) is 3. The SMILES string of the molecule is C#CC1(C#N)CCC2(CC1)OCCO2. The molecule has 2 aliphatic rings. The van der Waals surface area contributed by atoms with Crippen LogP contribution in [-0.4, -0.2) is 19.0 Å². The Morgan fingerprint density at radius 1 is 1.07 bits per heavy atom. The predicted molar refractivity (Wildman–Crippen MR) is 50.0 cm³/mol. The van der Waals surface area contributed by atoms with Gasteiger partial charge in [0.05, 0.1) is 19.3 Å². The summed E-state index contributed by atoms with van der Waals surface area (Å²) in [5.74, 6) is 2.18. The molecule has 3 heteroatoms. The van der Waals surface area contributed by atoms with Gasteiger partial charge in [-0.15, -0.1) is 6.42 Å². The van der Waals surface area contributed by atoms with Gasteiger partial charge in [0.1, 0.15) is 5.41 Å². The zero-order valence-corrected chi connectivity index (χ0v) is 8.08. The van der Waals surface area contributed by atoms with E-state index in [1.54, 1.807) is 0 Å². The Hall–Kier alpha value is -1.03. The van der Waals surface area contributed by atoms with Crippen molar-refractivity contribution in [2.45, 2.75) is 31.5 Å². The van der Waals surface area contributed by atoms with Gasteiger partial charge in [0.15, 0.2) is 5.79 Å². The summed E-state index contributed by atoms with van der Waals surface area (Å²) in [7, 11) is 0. The quantitative estimate of drug-likeness (QED) is 0.544. The lowest BCUT2D eigenvalue weighted by molar-refractivity contribution is -0.183. The third-order valence-corrected chi connectivity index (χ3v) is 3.17. The molecule has 3 nitrogen and oxygen atoms in total. The van der Waals surface area contributed by atoms with E-state index in [-0.39, 0.29) is 0 Å². The Labute approximate surface area is 84.0 Å². The van der Waals surface area contributed by atoms with E-state index in [2.05, 4.69) is 12.0 Å². The van der Waals surface area contributed by atoms with Crippen molar-refractivity contribution in [1.82, 2.24) is 0 Å². The van der Waals surface area contributed by atoms with Gasteiger partial charge in [-0.1, -0.05) is 5.92 Å². The van der Waals surface area contributed by atoms with E-state index in [1.807, 2.05) is 0 Å². The molecule has 0 bridgehead atoms. The highest BCUT2D eigenvalue weighted by Crippen LogP contribution is 2.43. The van der Waals surface area contributed by atoms with Crippen molar-refractivity contribution in [3.8, 4) is 18.4 Å². The van der Waals surface area contributed by atoms with Gasteiger partial charge in [-0.25, -0.2) is 0 Å². The second-order valence-electron chi connectivity index (χ2n) is 3.95. The average molecular weight is 191 g/mol. The van der Waals surface area contributed by atoms with E-state index in [4.69, 9.17) is 21.2 Å². The number of nitrogens with zero attached hydrogens (tertiary/aromatic N) is 1.